The number of aromatic hydroxyl groups is 1. The Bertz CT molecular complexity index is 2850. The molecule has 1 atom stereocenters. The molecular formula is C53H61N7O5Si. The van der Waals surface area contributed by atoms with Gasteiger partial charge in [-0.1, -0.05) is 123 Å². The lowest BCUT2D eigenvalue weighted by molar-refractivity contribution is 0.0790. The van der Waals surface area contributed by atoms with Gasteiger partial charge in [0.15, 0.2) is 8.32 Å². The monoisotopic (exact) mass is 903 g/mol. The van der Waals surface area contributed by atoms with E-state index in [2.05, 4.69) is 95.4 Å². The number of allylic oxidation sites excluding steroid dienone is 1. The fourth-order valence-corrected chi connectivity index (χ4v) is 9.63. The lowest BCUT2D eigenvalue weighted by Gasteiger charge is -2.39. The van der Waals surface area contributed by atoms with Gasteiger partial charge in [-0.25, -0.2) is 9.48 Å². The zero-order valence-electron chi connectivity index (χ0n) is 38.5. The van der Waals surface area contributed by atoms with Crippen LogP contribution in [0, 0.1) is 0 Å². The van der Waals surface area contributed by atoms with Gasteiger partial charge in [0.05, 0.1) is 29.4 Å². The molecule has 2 heterocycles. The Hall–Kier alpha value is -6.38. The average molecular weight is 904 g/mol. The fraction of sp³-hybridized carbons (Fsp3) is 0.321. The second-order valence-corrected chi connectivity index (χ2v) is 23.6. The van der Waals surface area contributed by atoms with Crippen LogP contribution < -0.4 is 21.5 Å². The molecule has 7 aromatic rings. The predicted molar refractivity (Wildman–Crippen MR) is 267 cm³/mol. The van der Waals surface area contributed by atoms with E-state index >= 15 is 0 Å². The van der Waals surface area contributed by atoms with Crippen molar-refractivity contribution in [1.82, 2.24) is 30.6 Å². The third-order valence-corrected chi connectivity index (χ3v) is 17.6. The standard InChI is InChI=1S/C53H61N7O5Si/c1-53(2,3)66(4,5)65-49(43-25-28-48(61)51-44(43)26-29-50(62)57-51)35-54-33-38-19-27-47-46(32-38)58-59-60(47)30-12-15-36-18-24-42(39-16-10-7-11-17-39)45(31-36)56-52(63)64-41-22-20-40(21-23-41)55-34-37-13-8-6-9-14-37/h6-19,24-29,31-32,40-41,49,54-55,61H,20-23,30,33-35H2,1-5H3,(H,56,63)(H,57,62)/t40?,41?,49-/m0/s1. The molecule has 0 spiro atoms. The summed E-state index contributed by atoms with van der Waals surface area (Å²) in [4.78, 5) is 28.3. The number of phenols is 1. The number of amides is 1. The lowest BCUT2D eigenvalue weighted by atomic mass is 9.93. The van der Waals surface area contributed by atoms with Crippen LogP contribution in [0.3, 0.4) is 0 Å². The molecule has 5 aromatic carbocycles. The number of nitrogens with zero attached hydrogens (tertiary/aromatic N) is 3. The molecule has 0 unspecified atom stereocenters. The largest absolute Gasteiger partial charge is 0.506 e. The second-order valence-electron chi connectivity index (χ2n) is 18.8. The highest BCUT2D eigenvalue weighted by atomic mass is 28.4. The molecule has 13 heteroatoms. The number of ether oxygens (including phenoxy) is 1. The third-order valence-electron chi connectivity index (χ3n) is 13.1. The fourth-order valence-electron chi connectivity index (χ4n) is 8.36. The molecule has 342 valence electrons. The Morgan fingerprint density at radius 1 is 0.894 bits per heavy atom. The summed E-state index contributed by atoms with van der Waals surface area (Å²) >= 11 is 0. The number of hydrogen-bond donors (Lipinski definition) is 5. The number of benzene rings is 5. The lowest BCUT2D eigenvalue weighted by Crippen LogP contribution is -2.43. The minimum absolute atomic E-state index is 0.0251. The van der Waals surface area contributed by atoms with Gasteiger partial charge in [0.1, 0.15) is 17.4 Å². The van der Waals surface area contributed by atoms with E-state index in [1.807, 2.05) is 89.6 Å². The van der Waals surface area contributed by atoms with E-state index in [-0.39, 0.29) is 28.6 Å². The van der Waals surface area contributed by atoms with Crippen molar-refractivity contribution >= 4 is 48.1 Å². The van der Waals surface area contributed by atoms with Gasteiger partial charge >= 0.3 is 6.09 Å². The molecule has 1 fully saturated rings. The van der Waals surface area contributed by atoms with Crippen LogP contribution in [-0.2, 0) is 28.8 Å². The first kappa shape index (κ1) is 46.2. The normalized spacial score (nSPS) is 16.2. The molecule has 2 aromatic heterocycles. The first-order chi connectivity index (χ1) is 31.8. The number of rotatable bonds is 16. The maximum absolute atomic E-state index is 13.4. The minimum Gasteiger partial charge on any atom is -0.506 e. The summed E-state index contributed by atoms with van der Waals surface area (Å²) in [7, 11) is -2.23. The maximum atomic E-state index is 13.4. The summed E-state index contributed by atoms with van der Waals surface area (Å²) < 4.78 is 14.8. The van der Waals surface area contributed by atoms with Gasteiger partial charge in [-0.2, -0.15) is 0 Å². The number of aromatic amines is 1. The van der Waals surface area contributed by atoms with Crippen LogP contribution in [0.2, 0.25) is 18.1 Å². The van der Waals surface area contributed by atoms with Crippen LogP contribution in [0.15, 0.2) is 132 Å². The molecule has 1 aliphatic rings. The Labute approximate surface area is 387 Å². The number of nitrogens with one attached hydrogen (secondary N) is 4. The maximum Gasteiger partial charge on any atom is 0.411 e. The van der Waals surface area contributed by atoms with E-state index in [0.717, 1.165) is 76.5 Å². The molecule has 12 nitrogen and oxygen atoms in total. The Morgan fingerprint density at radius 3 is 2.41 bits per heavy atom. The number of H-pyrrole nitrogens is 1. The zero-order valence-corrected chi connectivity index (χ0v) is 39.5. The molecule has 1 aliphatic carbocycles. The Kier molecular flexibility index (Phi) is 14.3. The Balaban J connectivity index is 0.898. The van der Waals surface area contributed by atoms with E-state index in [4.69, 9.17) is 9.16 Å². The van der Waals surface area contributed by atoms with Crippen molar-refractivity contribution in [3.8, 4) is 16.9 Å². The Morgan fingerprint density at radius 2 is 1.65 bits per heavy atom. The minimum atomic E-state index is -2.23. The number of hydrogen-bond acceptors (Lipinski definition) is 9. The van der Waals surface area contributed by atoms with Crippen molar-refractivity contribution in [2.45, 2.75) is 102 Å². The van der Waals surface area contributed by atoms with E-state index in [0.29, 0.717) is 36.9 Å². The van der Waals surface area contributed by atoms with Crippen LogP contribution in [0.5, 0.6) is 5.75 Å². The van der Waals surface area contributed by atoms with Crippen molar-refractivity contribution < 1.29 is 19.1 Å². The van der Waals surface area contributed by atoms with Gasteiger partial charge in [0.2, 0.25) is 5.56 Å². The zero-order chi connectivity index (χ0) is 46.3. The van der Waals surface area contributed by atoms with E-state index < -0.39 is 14.4 Å². The smallest absolute Gasteiger partial charge is 0.411 e. The topological polar surface area (TPSA) is 155 Å². The van der Waals surface area contributed by atoms with Gasteiger partial charge in [-0.05, 0) is 102 Å². The first-order valence-electron chi connectivity index (χ1n) is 23.0. The number of carbonyl (C=O) groups is 1. The van der Waals surface area contributed by atoms with Gasteiger partial charge in [0, 0.05) is 42.7 Å². The molecule has 66 heavy (non-hydrogen) atoms. The van der Waals surface area contributed by atoms with E-state index in [1.165, 1.54) is 11.6 Å². The van der Waals surface area contributed by atoms with Crippen LogP contribution in [0.1, 0.15) is 74.8 Å². The van der Waals surface area contributed by atoms with Crippen LogP contribution in [0.4, 0.5) is 10.5 Å². The summed E-state index contributed by atoms with van der Waals surface area (Å²) in [6.07, 6.45) is 6.74. The van der Waals surface area contributed by atoms with Crippen LogP contribution in [0.25, 0.3) is 39.1 Å². The molecule has 0 saturated heterocycles. The molecule has 0 bridgehead atoms. The molecule has 1 saturated carbocycles. The van der Waals surface area contributed by atoms with Crippen LogP contribution in [-0.4, -0.2) is 58.2 Å². The summed E-state index contributed by atoms with van der Waals surface area (Å²) in [5.41, 5.74) is 8.59. The summed E-state index contributed by atoms with van der Waals surface area (Å²) in [6.45, 7) is 13.5. The summed E-state index contributed by atoms with van der Waals surface area (Å²) in [6, 6.07) is 39.8. The van der Waals surface area contributed by atoms with Gasteiger partial charge in [-0.15, -0.1) is 5.10 Å². The SMILES string of the molecule is CC(C)(C)[Si](C)(C)O[C@@H](CNCc1ccc2c(c1)nnn2CC=Cc1ccc(-c2ccccc2)c(NC(=O)OC2CCC(NCc3ccccc3)CC2)c1)c1ccc(O)c2[nH]c(=O)ccc12. The van der Waals surface area contributed by atoms with Gasteiger partial charge < -0.3 is 29.9 Å². The summed E-state index contributed by atoms with van der Waals surface area (Å²) in [5.74, 6) is 0.0251. The van der Waals surface area contributed by atoms with Crippen molar-refractivity contribution in [1.29, 1.82) is 0 Å². The predicted octanol–water partition coefficient (Wildman–Crippen LogP) is 10.9. The number of anilines is 1. The van der Waals surface area contributed by atoms with Crippen LogP contribution >= 0.6 is 0 Å². The van der Waals surface area contributed by atoms with Crippen molar-refractivity contribution in [2.75, 3.05) is 11.9 Å². The quantitative estimate of drug-likeness (QED) is 0.0596. The molecule has 5 N–H and O–H groups in total. The molecule has 0 aliphatic heterocycles. The number of phenolic OH excluding ortho intramolecular Hbond substituents is 1. The highest BCUT2D eigenvalue weighted by Crippen LogP contribution is 2.41. The summed E-state index contributed by atoms with van der Waals surface area (Å²) in [5, 5.41) is 30.6. The third kappa shape index (κ3) is 11.3. The van der Waals surface area contributed by atoms with E-state index in [9.17, 15) is 14.7 Å². The highest BCUT2D eigenvalue weighted by Gasteiger charge is 2.40. The molecule has 8 rings (SSSR count). The molecule has 0 radical (unpaired) electrons. The van der Waals surface area contributed by atoms with Gasteiger partial charge in [0.25, 0.3) is 0 Å². The average Bonchev–Trinajstić information content (AvgIpc) is 3.71. The number of fused-ring (bicyclic) bond motifs is 2. The van der Waals surface area contributed by atoms with Crippen molar-refractivity contribution in [3.05, 3.63) is 160 Å². The van der Waals surface area contributed by atoms with Gasteiger partial charge in [-0.3, -0.25) is 10.1 Å². The second kappa shape index (κ2) is 20.4. The molecular weight excluding hydrogens is 843 g/mol. The highest BCUT2D eigenvalue weighted by molar-refractivity contribution is 6.74. The van der Waals surface area contributed by atoms with Crippen molar-refractivity contribution in [2.24, 2.45) is 0 Å². The number of carbonyl (C=O) groups excluding carboxylic acids is 1. The van der Waals surface area contributed by atoms with Crippen molar-refractivity contribution in [3.63, 3.8) is 0 Å². The number of aromatic nitrogens is 4. The molecule has 1 amide bonds. The first-order valence-corrected chi connectivity index (χ1v) is 25.9. The number of pyridine rings is 1. The van der Waals surface area contributed by atoms with E-state index in [1.54, 1.807) is 12.1 Å².